The molecule has 0 saturated heterocycles. The molecule has 1 aromatic heterocycles. The van der Waals surface area contributed by atoms with E-state index in [0.29, 0.717) is 23.5 Å². The van der Waals surface area contributed by atoms with E-state index in [0.717, 1.165) is 11.4 Å². The molecule has 0 aliphatic rings. The van der Waals surface area contributed by atoms with Gasteiger partial charge in [0.05, 0.1) is 11.4 Å². The van der Waals surface area contributed by atoms with Crippen molar-refractivity contribution in [3.05, 3.63) is 59.9 Å². The van der Waals surface area contributed by atoms with Crippen molar-refractivity contribution < 1.29 is 9.53 Å². The lowest BCUT2D eigenvalue weighted by molar-refractivity contribution is -0.122. The van der Waals surface area contributed by atoms with Crippen molar-refractivity contribution in [1.29, 1.82) is 0 Å². The molecule has 0 aliphatic carbocycles. The minimum atomic E-state index is -0.648. The van der Waals surface area contributed by atoms with Crippen LogP contribution in [0.25, 0.3) is 5.69 Å². The zero-order valence-corrected chi connectivity index (χ0v) is 15.0. The average molecular weight is 351 g/mol. The normalized spacial score (nSPS) is 11.8. The third-order valence-electron chi connectivity index (χ3n) is 3.94. The van der Waals surface area contributed by atoms with Gasteiger partial charge in [0.25, 0.3) is 5.91 Å². The van der Waals surface area contributed by atoms with Gasteiger partial charge in [0.15, 0.2) is 11.9 Å². The Labute approximate surface area is 152 Å². The highest BCUT2D eigenvalue weighted by atomic mass is 16.5. The van der Waals surface area contributed by atoms with E-state index in [1.165, 1.54) is 0 Å². The molecule has 2 aromatic carbocycles. The number of amides is 1. The van der Waals surface area contributed by atoms with Gasteiger partial charge in [-0.1, -0.05) is 36.8 Å². The number of tetrazole rings is 1. The van der Waals surface area contributed by atoms with Crippen molar-refractivity contribution in [2.45, 2.75) is 33.3 Å². The van der Waals surface area contributed by atoms with Crippen LogP contribution in [0.15, 0.2) is 48.5 Å². The Morgan fingerprint density at radius 2 is 1.92 bits per heavy atom. The number of carbonyl (C=O) groups is 1. The number of rotatable bonds is 6. The zero-order chi connectivity index (χ0) is 18.5. The van der Waals surface area contributed by atoms with Crippen LogP contribution in [0.1, 0.15) is 25.2 Å². The molecule has 3 rings (SSSR count). The maximum absolute atomic E-state index is 12.6. The van der Waals surface area contributed by atoms with Gasteiger partial charge in [-0.25, -0.2) is 0 Å². The van der Waals surface area contributed by atoms with E-state index in [4.69, 9.17) is 4.74 Å². The SMILES string of the molecule is CCc1nnnn1-c1ccccc1NC(=O)C(C)Oc1ccc(C)cc1. The van der Waals surface area contributed by atoms with Gasteiger partial charge in [0, 0.05) is 6.42 Å². The molecule has 1 amide bonds. The Hall–Kier alpha value is -3.22. The highest BCUT2D eigenvalue weighted by Gasteiger charge is 2.18. The summed E-state index contributed by atoms with van der Waals surface area (Å²) in [7, 11) is 0. The first-order chi connectivity index (χ1) is 12.6. The van der Waals surface area contributed by atoms with Gasteiger partial charge in [-0.05, 0) is 48.5 Å². The number of hydrogen-bond acceptors (Lipinski definition) is 5. The lowest BCUT2D eigenvalue weighted by atomic mass is 10.2. The Morgan fingerprint density at radius 3 is 2.65 bits per heavy atom. The van der Waals surface area contributed by atoms with Gasteiger partial charge < -0.3 is 10.1 Å². The lowest BCUT2D eigenvalue weighted by Gasteiger charge is -2.16. The van der Waals surface area contributed by atoms with Gasteiger partial charge >= 0.3 is 0 Å². The fourth-order valence-electron chi connectivity index (χ4n) is 2.49. The number of carbonyl (C=O) groups excluding carboxylic acids is 1. The van der Waals surface area contributed by atoms with Crippen LogP contribution >= 0.6 is 0 Å². The molecule has 7 nitrogen and oxygen atoms in total. The molecule has 0 bridgehead atoms. The summed E-state index contributed by atoms with van der Waals surface area (Å²) >= 11 is 0. The van der Waals surface area contributed by atoms with E-state index in [1.54, 1.807) is 11.6 Å². The molecule has 0 aliphatic heterocycles. The summed E-state index contributed by atoms with van der Waals surface area (Å²) < 4.78 is 7.35. The van der Waals surface area contributed by atoms with Crippen LogP contribution in [0.5, 0.6) is 5.75 Å². The number of nitrogens with one attached hydrogen (secondary N) is 1. The molecular formula is C19H21N5O2. The molecule has 0 saturated carbocycles. The minimum absolute atomic E-state index is 0.246. The second-order valence-corrected chi connectivity index (χ2v) is 5.94. The predicted molar refractivity (Wildman–Crippen MR) is 98.4 cm³/mol. The smallest absolute Gasteiger partial charge is 0.265 e. The van der Waals surface area contributed by atoms with E-state index in [-0.39, 0.29) is 5.91 Å². The first-order valence-electron chi connectivity index (χ1n) is 8.49. The maximum atomic E-state index is 12.6. The first-order valence-corrected chi connectivity index (χ1v) is 8.49. The number of para-hydroxylation sites is 2. The lowest BCUT2D eigenvalue weighted by Crippen LogP contribution is -2.30. The Balaban J connectivity index is 1.76. The fraction of sp³-hybridized carbons (Fsp3) is 0.263. The monoisotopic (exact) mass is 351 g/mol. The number of anilines is 1. The van der Waals surface area contributed by atoms with E-state index in [1.807, 2.05) is 62.4 Å². The molecule has 1 unspecified atom stereocenters. The number of hydrogen-bond donors (Lipinski definition) is 1. The first kappa shape index (κ1) is 17.6. The molecule has 1 heterocycles. The summed E-state index contributed by atoms with van der Waals surface area (Å²) in [5, 5.41) is 14.6. The number of ether oxygens (including phenoxy) is 1. The average Bonchev–Trinajstić information content (AvgIpc) is 3.12. The Morgan fingerprint density at radius 1 is 1.19 bits per heavy atom. The van der Waals surface area contributed by atoms with Gasteiger partial charge in [-0.2, -0.15) is 4.68 Å². The van der Waals surface area contributed by atoms with Crippen LogP contribution < -0.4 is 10.1 Å². The molecule has 26 heavy (non-hydrogen) atoms. The molecule has 7 heteroatoms. The van der Waals surface area contributed by atoms with Crippen molar-refractivity contribution in [2.24, 2.45) is 0 Å². The summed E-state index contributed by atoms with van der Waals surface area (Å²) in [6, 6.07) is 15.0. The van der Waals surface area contributed by atoms with Gasteiger partial charge in [0.2, 0.25) is 0 Å². The zero-order valence-electron chi connectivity index (χ0n) is 15.0. The largest absolute Gasteiger partial charge is 0.481 e. The summed E-state index contributed by atoms with van der Waals surface area (Å²) in [6.45, 7) is 5.69. The number of aryl methyl sites for hydroxylation is 2. The number of nitrogens with zero attached hydrogens (tertiary/aromatic N) is 4. The summed E-state index contributed by atoms with van der Waals surface area (Å²) in [6.07, 6.45) is 0.0349. The van der Waals surface area contributed by atoms with Crippen molar-refractivity contribution >= 4 is 11.6 Å². The van der Waals surface area contributed by atoms with E-state index < -0.39 is 6.10 Å². The quantitative estimate of drug-likeness (QED) is 0.738. The number of aromatic nitrogens is 4. The highest BCUT2D eigenvalue weighted by molar-refractivity contribution is 5.95. The molecular weight excluding hydrogens is 330 g/mol. The molecule has 134 valence electrons. The Kier molecular flexibility index (Phi) is 5.26. The molecule has 0 spiro atoms. The molecule has 0 fully saturated rings. The van der Waals surface area contributed by atoms with Crippen LogP contribution in [0, 0.1) is 6.92 Å². The highest BCUT2D eigenvalue weighted by Crippen LogP contribution is 2.21. The van der Waals surface area contributed by atoms with Gasteiger partial charge in [-0.3, -0.25) is 4.79 Å². The van der Waals surface area contributed by atoms with Crippen LogP contribution in [0.2, 0.25) is 0 Å². The molecule has 1 N–H and O–H groups in total. The van der Waals surface area contributed by atoms with Gasteiger partial charge in [0.1, 0.15) is 5.75 Å². The summed E-state index contributed by atoms with van der Waals surface area (Å²) in [5.41, 5.74) is 2.47. The fourth-order valence-corrected chi connectivity index (χ4v) is 2.49. The van der Waals surface area contributed by atoms with E-state index >= 15 is 0 Å². The van der Waals surface area contributed by atoms with Crippen LogP contribution in [-0.2, 0) is 11.2 Å². The number of benzene rings is 2. The van der Waals surface area contributed by atoms with Crippen molar-refractivity contribution in [3.8, 4) is 11.4 Å². The van der Waals surface area contributed by atoms with Gasteiger partial charge in [-0.15, -0.1) is 5.10 Å². The Bertz CT molecular complexity index is 889. The summed E-state index contributed by atoms with van der Waals surface area (Å²) in [5.74, 6) is 1.13. The van der Waals surface area contributed by atoms with Crippen LogP contribution in [0.3, 0.4) is 0 Å². The molecule has 0 radical (unpaired) electrons. The topological polar surface area (TPSA) is 81.9 Å². The third kappa shape index (κ3) is 3.88. The predicted octanol–water partition coefficient (Wildman–Crippen LogP) is 2.94. The van der Waals surface area contributed by atoms with E-state index in [2.05, 4.69) is 20.8 Å². The second kappa shape index (κ2) is 7.77. The molecule has 1 atom stereocenters. The van der Waals surface area contributed by atoms with Crippen molar-refractivity contribution in [2.75, 3.05) is 5.32 Å². The minimum Gasteiger partial charge on any atom is -0.481 e. The standard InChI is InChI=1S/C19H21N5O2/c1-4-18-21-22-23-24(18)17-8-6-5-7-16(17)20-19(25)14(3)26-15-11-9-13(2)10-12-15/h5-12,14H,4H2,1-3H3,(H,20,25). The van der Waals surface area contributed by atoms with Crippen LogP contribution in [0.4, 0.5) is 5.69 Å². The summed E-state index contributed by atoms with van der Waals surface area (Å²) in [4.78, 5) is 12.6. The van der Waals surface area contributed by atoms with Crippen molar-refractivity contribution in [3.63, 3.8) is 0 Å². The van der Waals surface area contributed by atoms with Crippen LogP contribution in [-0.4, -0.2) is 32.2 Å². The van der Waals surface area contributed by atoms with Crippen molar-refractivity contribution in [1.82, 2.24) is 20.2 Å². The van der Waals surface area contributed by atoms with E-state index in [9.17, 15) is 4.79 Å². The maximum Gasteiger partial charge on any atom is 0.265 e. The molecule has 3 aromatic rings. The second-order valence-electron chi connectivity index (χ2n) is 5.94. The third-order valence-corrected chi connectivity index (χ3v) is 3.94.